The van der Waals surface area contributed by atoms with Crippen molar-refractivity contribution >= 4 is 18.2 Å². The average molecular weight is 174 g/mol. The van der Waals surface area contributed by atoms with Crippen molar-refractivity contribution in [1.82, 2.24) is 0 Å². The standard InChI is InChI=1S/C7H10O5/c1-2-11-6(9)5-7(10)12-4-3-8/h3H,2,4-5H2,1H3. The van der Waals surface area contributed by atoms with Crippen molar-refractivity contribution < 1.29 is 23.9 Å². The maximum absolute atomic E-state index is 10.6. The van der Waals surface area contributed by atoms with E-state index >= 15 is 0 Å². The highest BCUT2D eigenvalue weighted by Crippen LogP contribution is 1.89. The molecule has 0 aromatic carbocycles. The number of aldehydes is 1. The number of rotatable bonds is 5. The summed E-state index contributed by atoms with van der Waals surface area (Å²) in [5, 5.41) is 0. The Morgan fingerprint density at radius 3 is 2.33 bits per heavy atom. The third-order valence-electron chi connectivity index (χ3n) is 0.906. The molecule has 0 bridgehead atoms. The lowest BCUT2D eigenvalue weighted by Crippen LogP contribution is -2.14. The zero-order valence-corrected chi connectivity index (χ0v) is 6.74. The van der Waals surface area contributed by atoms with Crippen molar-refractivity contribution in [3.8, 4) is 0 Å². The van der Waals surface area contributed by atoms with E-state index in [9.17, 15) is 14.4 Å². The average Bonchev–Trinajstić information content (AvgIpc) is 2.01. The van der Waals surface area contributed by atoms with Gasteiger partial charge in [0.05, 0.1) is 6.61 Å². The van der Waals surface area contributed by atoms with Crippen LogP contribution in [0.25, 0.3) is 0 Å². The molecule has 0 amide bonds. The highest BCUT2D eigenvalue weighted by Gasteiger charge is 2.10. The van der Waals surface area contributed by atoms with Gasteiger partial charge >= 0.3 is 11.9 Å². The second-order valence-corrected chi connectivity index (χ2v) is 1.83. The molecule has 12 heavy (non-hydrogen) atoms. The lowest BCUT2D eigenvalue weighted by molar-refractivity contribution is -0.155. The molecule has 0 N–H and O–H groups in total. The minimum Gasteiger partial charge on any atom is -0.466 e. The summed E-state index contributed by atoms with van der Waals surface area (Å²) >= 11 is 0. The predicted octanol–water partition coefficient (Wildman–Crippen LogP) is -0.318. The normalized spacial score (nSPS) is 8.75. The fraction of sp³-hybridized carbons (Fsp3) is 0.571. The molecule has 5 heteroatoms. The van der Waals surface area contributed by atoms with Gasteiger partial charge in [0.25, 0.3) is 0 Å². The lowest BCUT2D eigenvalue weighted by Gasteiger charge is -2.00. The first-order valence-corrected chi connectivity index (χ1v) is 3.45. The Balaban J connectivity index is 3.54. The molecule has 0 aliphatic heterocycles. The molecule has 0 aliphatic rings. The van der Waals surface area contributed by atoms with E-state index in [-0.39, 0.29) is 13.2 Å². The zero-order chi connectivity index (χ0) is 9.40. The van der Waals surface area contributed by atoms with Crippen molar-refractivity contribution in [3.63, 3.8) is 0 Å². The van der Waals surface area contributed by atoms with E-state index in [1.807, 2.05) is 0 Å². The minimum absolute atomic E-state index is 0.222. The molecular formula is C7H10O5. The molecule has 0 rings (SSSR count). The van der Waals surface area contributed by atoms with Gasteiger partial charge in [-0.25, -0.2) is 0 Å². The van der Waals surface area contributed by atoms with Gasteiger partial charge < -0.3 is 9.47 Å². The zero-order valence-electron chi connectivity index (χ0n) is 6.74. The Labute approximate surface area is 69.6 Å². The Morgan fingerprint density at radius 1 is 1.25 bits per heavy atom. The third kappa shape index (κ3) is 5.40. The van der Waals surface area contributed by atoms with E-state index in [1.165, 1.54) is 0 Å². The number of carbonyl (C=O) groups excluding carboxylic acids is 3. The van der Waals surface area contributed by atoms with Crippen LogP contribution in [-0.4, -0.2) is 31.4 Å². The summed E-state index contributed by atoms with van der Waals surface area (Å²) in [6.07, 6.45) is -0.00919. The van der Waals surface area contributed by atoms with Gasteiger partial charge in [0, 0.05) is 0 Å². The monoisotopic (exact) mass is 174 g/mol. The molecule has 0 radical (unpaired) electrons. The van der Waals surface area contributed by atoms with Crippen molar-refractivity contribution in [1.29, 1.82) is 0 Å². The highest BCUT2D eigenvalue weighted by molar-refractivity contribution is 5.91. The van der Waals surface area contributed by atoms with Crippen molar-refractivity contribution in [2.24, 2.45) is 0 Å². The van der Waals surface area contributed by atoms with Gasteiger partial charge in [0.2, 0.25) is 0 Å². The summed E-state index contributed by atoms with van der Waals surface area (Å²) in [6.45, 7) is 1.53. The summed E-state index contributed by atoms with van der Waals surface area (Å²) in [7, 11) is 0. The molecule has 0 aromatic heterocycles. The first kappa shape index (κ1) is 10.6. The number of hydrogen-bond donors (Lipinski definition) is 0. The van der Waals surface area contributed by atoms with Crippen LogP contribution < -0.4 is 0 Å². The van der Waals surface area contributed by atoms with Gasteiger partial charge in [0.1, 0.15) is 13.0 Å². The van der Waals surface area contributed by atoms with Gasteiger partial charge in [-0.2, -0.15) is 0 Å². The summed E-state index contributed by atoms with van der Waals surface area (Å²) in [4.78, 5) is 30.9. The van der Waals surface area contributed by atoms with Crippen molar-refractivity contribution in [2.45, 2.75) is 13.3 Å². The minimum atomic E-state index is -0.749. The van der Waals surface area contributed by atoms with Crippen LogP contribution in [0.3, 0.4) is 0 Å². The fourth-order valence-corrected chi connectivity index (χ4v) is 0.508. The van der Waals surface area contributed by atoms with Crippen LogP contribution >= 0.6 is 0 Å². The summed E-state index contributed by atoms with van der Waals surface area (Å²) < 4.78 is 8.76. The Bertz CT molecular complexity index is 175. The van der Waals surface area contributed by atoms with Crippen molar-refractivity contribution in [2.75, 3.05) is 13.2 Å². The van der Waals surface area contributed by atoms with Crippen LogP contribution in [0.4, 0.5) is 0 Å². The molecule has 0 fully saturated rings. The predicted molar refractivity (Wildman–Crippen MR) is 38.3 cm³/mol. The van der Waals surface area contributed by atoms with E-state index in [0.717, 1.165) is 0 Å². The van der Waals surface area contributed by atoms with Crippen LogP contribution in [0.15, 0.2) is 0 Å². The van der Waals surface area contributed by atoms with Crippen LogP contribution in [-0.2, 0) is 23.9 Å². The molecule has 0 aliphatic carbocycles. The van der Waals surface area contributed by atoms with Crippen molar-refractivity contribution in [3.05, 3.63) is 0 Å². The SMILES string of the molecule is CCOC(=O)CC(=O)OCC=O. The van der Waals surface area contributed by atoms with E-state index in [1.54, 1.807) is 6.92 Å². The number of carbonyl (C=O) groups is 3. The Kier molecular flexibility index (Phi) is 5.60. The molecule has 0 atom stereocenters. The second kappa shape index (κ2) is 6.33. The summed E-state index contributed by atoms with van der Waals surface area (Å²) in [5.41, 5.74) is 0. The summed E-state index contributed by atoms with van der Waals surface area (Å²) in [5.74, 6) is -1.39. The van der Waals surface area contributed by atoms with Crippen LogP contribution in [0, 0.1) is 0 Å². The van der Waals surface area contributed by atoms with Gasteiger partial charge in [-0.1, -0.05) is 0 Å². The van der Waals surface area contributed by atoms with Gasteiger partial charge in [-0.05, 0) is 6.92 Å². The molecule has 0 aromatic rings. The molecular weight excluding hydrogens is 164 g/mol. The van der Waals surface area contributed by atoms with Gasteiger partial charge in [0.15, 0.2) is 6.29 Å². The van der Waals surface area contributed by atoms with E-state index < -0.39 is 18.4 Å². The molecule has 68 valence electrons. The second-order valence-electron chi connectivity index (χ2n) is 1.83. The molecule has 5 nitrogen and oxygen atoms in total. The van der Waals surface area contributed by atoms with E-state index in [4.69, 9.17) is 0 Å². The first-order valence-electron chi connectivity index (χ1n) is 3.45. The molecule has 0 unspecified atom stereocenters. The van der Waals surface area contributed by atoms with Crippen LogP contribution in [0.5, 0.6) is 0 Å². The fourth-order valence-electron chi connectivity index (χ4n) is 0.508. The number of esters is 2. The van der Waals surface area contributed by atoms with Gasteiger partial charge in [-0.3, -0.25) is 14.4 Å². The smallest absolute Gasteiger partial charge is 0.317 e. The highest BCUT2D eigenvalue weighted by atomic mass is 16.6. The number of hydrogen-bond acceptors (Lipinski definition) is 5. The molecule has 0 heterocycles. The largest absolute Gasteiger partial charge is 0.466 e. The third-order valence-corrected chi connectivity index (χ3v) is 0.906. The Hall–Kier alpha value is -1.39. The van der Waals surface area contributed by atoms with E-state index in [0.29, 0.717) is 6.29 Å². The van der Waals surface area contributed by atoms with Crippen LogP contribution in [0.1, 0.15) is 13.3 Å². The molecule has 0 saturated heterocycles. The number of ether oxygens (including phenoxy) is 2. The molecule has 0 spiro atoms. The van der Waals surface area contributed by atoms with Crippen LogP contribution in [0.2, 0.25) is 0 Å². The molecule has 0 saturated carbocycles. The maximum atomic E-state index is 10.6. The van der Waals surface area contributed by atoms with Gasteiger partial charge in [-0.15, -0.1) is 0 Å². The first-order chi connectivity index (χ1) is 5.70. The van der Waals surface area contributed by atoms with E-state index in [2.05, 4.69) is 9.47 Å². The summed E-state index contributed by atoms with van der Waals surface area (Å²) in [6, 6.07) is 0. The Morgan fingerprint density at radius 2 is 1.83 bits per heavy atom. The lowest BCUT2D eigenvalue weighted by atomic mass is 10.4. The quantitative estimate of drug-likeness (QED) is 0.324. The maximum Gasteiger partial charge on any atom is 0.317 e. The topological polar surface area (TPSA) is 69.7 Å².